The molecule has 11 heteroatoms. The van der Waals surface area contributed by atoms with Gasteiger partial charge in [-0.3, -0.25) is 9.59 Å². The van der Waals surface area contributed by atoms with Crippen molar-refractivity contribution < 1.29 is 36.7 Å². The number of ether oxygens (including phenoxy) is 1. The van der Waals surface area contributed by atoms with Crippen LogP contribution in [0.15, 0.2) is 11.2 Å². The molecule has 1 aromatic rings. The van der Waals surface area contributed by atoms with Crippen molar-refractivity contribution in [3.63, 3.8) is 0 Å². The van der Waals surface area contributed by atoms with Gasteiger partial charge >= 0.3 is 5.97 Å². The first-order chi connectivity index (χ1) is 13.6. The number of rotatable bonds is 7. The second kappa shape index (κ2) is 9.48. The minimum absolute atomic E-state index is 0.0143. The maximum absolute atomic E-state index is 14.0. The van der Waals surface area contributed by atoms with Crippen LogP contribution < -0.4 is 10.3 Å². The number of hydrogen-bond donors (Lipinski definition) is 1. The minimum Gasteiger partial charge on any atom is -0.451 e. The average Bonchev–Trinajstić information content (AvgIpc) is 2.66. The van der Waals surface area contributed by atoms with Crippen LogP contribution in [0.4, 0.5) is 23.2 Å². The van der Waals surface area contributed by atoms with Crippen molar-refractivity contribution in [1.29, 1.82) is 0 Å². The summed E-state index contributed by atoms with van der Waals surface area (Å²) in [5.41, 5.74) is -1.80. The van der Waals surface area contributed by atoms with Gasteiger partial charge < -0.3 is 10.1 Å². The zero-order valence-electron chi connectivity index (χ0n) is 15.7. The maximum Gasteiger partial charge on any atom is 0.355 e. The van der Waals surface area contributed by atoms with Crippen molar-refractivity contribution in [3.05, 3.63) is 29.3 Å². The molecule has 0 fully saturated rings. The highest BCUT2D eigenvalue weighted by Crippen LogP contribution is 2.30. The third kappa shape index (κ3) is 5.30. The number of amides is 2. The maximum atomic E-state index is 14.0. The van der Waals surface area contributed by atoms with E-state index < -0.39 is 65.5 Å². The van der Waals surface area contributed by atoms with Gasteiger partial charge in [-0.25, -0.2) is 22.4 Å². The highest BCUT2D eigenvalue weighted by atomic mass is 19.2. The molecule has 1 aromatic carbocycles. The lowest BCUT2D eigenvalue weighted by molar-refractivity contribution is -0.142. The van der Waals surface area contributed by atoms with Crippen molar-refractivity contribution in [2.75, 3.05) is 11.6 Å². The van der Waals surface area contributed by atoms with E-state index >= 15 is 0 Å². The van der Waals surface area contributed by atoms with Crippen LogP contribution in [0.5, 0.6) is 0 Å². The number of hydrazone groups is 1. The number of nitrogens with zero attached hydrogens (tertiary/aromatic N) is 2. The average molecular weight is 417 g/mol. The first kappa shape index (κ1) is 22.3. The molecule has 7 nitrogen and oxygen atoms in total. The molecule has 1 heterocycles. The van der Waals surface area contributed by atoms with E-state index in [1.54, 1.807) is 6.92 Å². The van der Waals surface area contributed by atoms with Gasteiger partial charge in [-0.15, -0.1) is 0 Å². The first-order valence-corrected chi connectivity index (χ1v) is 8.85. The highest BCUT2D eigenvalue weighted by Gasteiger charge is 2.33. The van der Waals surface area contributed by atoms with Crippen LogP contribution in [-0.4, -0.2) is 36.1 Å². The molecular formula is C18H19F4N3O4. The first-order valence-electron chi connectivity index (χ1n) is 8.85. The molecule has 1 atom stereocenters. The van der Waals surface area contributed by atoms with Crippen molar-refractivity contribution in [2.24, 2.45) is 5.10 Å². The van der Waals surface area contributed by atoms with E-state index in [4.69, 9.17) is 4.74 Å². The molecule has 2 rings (SSSR count). The van der Waals surface area contributed by atoms with E-state index in [0.717, 1.165) is 12.8 Å². The number of carbonyl (C=O) groups excluding carboxylic acids is 3. The van der Waals surface area contributed by atoms with Gasteiger partial charge in [-0.2, -0.15) is 10.1 Å². The largest absolute Gasteiger partial charge is 0.451 e. The fourth-order valence-corrected chi connectivity index (χ4v) is 2.66. The Bertz CT molecular complexity index is 834. The predicted octanol–water partition coefficient (Wildman–Crippen LogP) is 2.57. The van der Waals surface area contributed by atoms with E-state index in [-0.39, 0.29) is 23.5 Å². The topological polar surface area (TPSA) is 88.1 Å². The molecule has 0 aromatic heterocycles. The number of anilines is 1. The molecule has 0 aliphatic carbocycles. The van der Waals surface area contributed by atoms with Crippen LogP contribution in [0, 0.1) is 23.3 Å². The Morgan fingerprint density at radius 2 is 1.83 bits per heavy atom. The monoisotopic (exact) mass is 417 g/mol. The van der Waals surface area contributed by atoms with Gasteiger partial charge in [0.25, 0.3) is 5.91 Å². The minimum atomic E-state index is -1.83. The summed E-state index contributed by atoms with van der Waals surface area (Å²) < 4.78 is 59.5. The SMILES string of the molecule is CCC[C@@H](C)NC(=O)COC(=O)C1=NN(c2c(F)c(F)cc(F)c2F)C(=O)CC1. The van der Waals surface area contributed by atoms with E-state index in [0.29, 0.717) is 0 Å². The Balaban J connectivity index is 2.16. The molecule has 0 saturated carbocycles. The molecule has 1 aliphatic rings. The van der Waals surface area contributed by atoms with E-state index in [9.17, 15) is 31.9 Å². The Kier molecular flexibility index (Phi) is 7.29. The number of benzene rings is 1. The second-order valence-electron chi connectivity index (χ2n) is 6.40. The van der Waals surface area contributed by atoms with Crippen LogP contribution in [-0.2, 0) is 19.1 Å². The summed E-state index contributed by atoms with van der Waals surface area (Å²) in [6, 6.07) is -0.139. The quantitative estimate of drug-likeness (QED) is 0.420. The molecule has 158 valence electrons. The molecule has 1 aliphatic heterocycles. The molecule has 0 unspecified atom stereocenters. The summed E-state index contributed by atoms with van der Waals surface area (Å²) in [6.45, 7) is 3.09. The third-order valence-electron chi connectivity index (χ3n) is 4.03. The third-order valence-corrected chi connectivity index (χ3v) is 4.03. The Hall–Kier alpha value is -2.98. The van der Waals surface area contributed by atoms with Crippen molar-refractivity contribution in [3.8, 4) is 0 Å². The van der Waals surface area contributed by atoms with Crippen LogP contribution in [0.25, 0.3) is 0 Å². The molecule has 1 N–H and O–H groups in total. The second-order valence-corrected chi connectivity index (χ2v) is 6.40. The summed E-state index contributed by atoms with van der Waals surface area (Å²) in [4.78, 5) is 35.8. The number of carbonyl (C=O) groups is 3. The lowest BCUT2D eigenvalue weighted by atomic mass is 10.1. The van der Waals surface area contributed by atoms with E-state index in [1.165, 1.54) is 0 Å². The number of nitrogens with one attached hydrogen (secondary N) is 1. The van der Waals surface area contributed by atoms with Crippen LogP contribution in [0.3, 0.4) is 0 Å². The zero-order valence-corrected chi connectivity index (χ0v) is 15.7. The van der Waals surface area contributed by atoms with E-state index in [2.05, 4.69) is 10.4 Å². The zero-order chi connectivity index (χ0) is 21.7. The van der Waals surface area contributed by atoms with Crippen LogP contribution in [0.2, 0.25) is 0 Å². The normalized spacial score (nSPS) is 15.0. The fourth-order valence-electron chi connectivity index (χ4n) is 2.66. The molecule has 29 heavy (non-hydrogen) atoms. The molecule has 0 bridgehead atoms. The summed E-state index contributed by atoms with van der Waals surface area (Å²) in [5, 5.41) is 6.17. The van der Waals surface area contributed by atoms with Gasteiger partial charge in [0.05, 0.1) is 0 Å². The standard InChI is InChI=1S/C18H19F4N3O4/c1-3-4-9(2)23-13(26)8-29-18(28)12-5-6-14(27)25(24-12)17-15(21)10(19)7-11(20)16(17)22/h7,9H,3-6,8H2,1-2H3,(H,23,26)/t9-/m1/s1. The van der Waals surface area contributed by atoms with Gasteiger partial charge in [-0.1, -0.05) is 13.3 Å². The predicted molar refractivity (Wildman–Crippen MR) is 93.9 cm³/mol. The van der Waals surface area contributed by atoms with Crippen LogP contribution >= 0.6 is 0 Å². The van der Waals surface area contributed by atoms with Crippen molar-refractivity contribution in [2.45, 2.75) is 45.6 Å². The van der Waals surface area contributed by atoms with Gasteiger partial charge in [0, 0.05) is 24.9 Å². The molecule has 0 spiro atoms. The van der Waals surface area contributed by atoms with Gasteiger partial charge in [0.2, 0.25) is 5.91 Å². The summed E-state index contributed by atoms with van der Waals surface area (Å²) >= 11 is 0. The van der Waals surface area contributed by atoms with Crippen LogP contribution in [0.1, 0.15) is 39.5 Å². The lowest BCUT2D eigenvalue weighted by Gasteiger charge is -2.23. The molecule has 0 radical (unpaired) electrons. The molecule has 2 amide bonds. The molecule has 0 saturated heterocycles. The Labute approximate surface area is 163 Å². The van der Waals surface area contributed by atoms with Crippen molar-refractivity contribution in [1.82, 2.24) is 5.32 Å². The van der Waals surface area contributed by atoms with Gasteiger partial charge in [0.15, 0.2) is 29.9 Å². The smallest absolute Gasteiger partial charge is 0.355 e. The molecular weight excluding hydrogens is 398 g/mol. The Morgan fingerprint density at radius 1 is 1.21 bits per heavy atom. The fraction of sp³-hybridized carbons (Fsp3) is 0.444. The number of esters is 1. The summed E-state index contributed by atoms with van der Waals surface area (Å²) in [7, 11) is 0. The van der Waals surface area contributed by atoms with Gasteiger partial charge in [0.1, 0.15) is 11.4 Å². The highest BCUT2D eigenvalue weighted by molar-refractivity contribution is 6.38. The van der Waals surface area contributed by atoms with Crippen molar-refractivity contribution >= 4 is 29.2 Å². The lowest BCUT2D eigenvalue weighted by Crippen LogP contribution is -2.38. The van der Waals surface area contributed by atoms with E-state index in [1.807, 2.05) is 6.92 Å². The number of hydrogen-bond acceptors (Lipinski definition) is 5. The number of halogens is 4. The summed E-state index contributed by atoms with van der Waals surface area (Å²) in [6.07, 6.45) is 0.925. The summed E-state index contributed by atoms with van der Waals surface area (Å²) in [5.74, 6) is -9.76. The Morgan fingerprint density at radius 3 is 2.41 bits per heavy atom. The van der Waals surface area contributed by atoms with Gasteiger partial charge in [-0.05, 0) is 13.3 Å².